The summed E-state index contributed by atoms with van der Waals surface area (Å²) in [6.07, 6.45) is 0.838. The monoisotopic (exact) mass is 319 g/mol. The van der Waals surface area contributed by atoms with E-state index in [0.717, 1.165) is 6.42 Å². The van der Waals surface area contributed by atoms with E-state index in [1.54, 1.807) is 29.5 Å². The molecule has 118 valence electrons. The van der Waals surface area contributed by atoms with Gasteiger partial charge in [0.2, 0.25) is 0 Å². The number of benzene rings is 1. The molecule has 0 spiro atoms. The number of thiophene rings is 1. The van der Waals surface area contributed by atoms with Gasteiger partial charge >= 0.3 is 0 Å². The summed E-state index contributed by atoms with van der Waals surface area (Å²) in [5, 5.41) is 7.06. The molecule has 22 heavy (non-hydrogen) atoms. The third-order valence-electron chi connectivity index (χ3n) is 3.08. The first-order valence-corrected chi connectivity index (χ1v) is 8.37. The molecule has 0 atom stereocenters. The van der Waals surface area contributed by atoms with Crippen LogP contribution in [0.2, 0.25) is 0 Å². The van der Waals surface area contributed by atoms with Crippen LogP contribution in [0.1, 0.15) is 29.8 Å². The van der Waals surface area contributed by atoms with Crippen molar-refractivity contribution in [2.45, 2.75) is 20.3 Å². The zero-order valence-electron chi connectivity index (χ0n) is 12.9. The van der Waals surface area contributed by atoms with Gasteiger partial charge in [-0.1, -0.05) is 0 Å². The van der Waals surface area contributed by atoms with Gasteiger partial charge in [-0.3, -0.25) is 4.79 Å². The summed E-state index contributed by atoms with van der Waals surface area (Å²) in [6.45, 7) is 5.53. The van der Waals surface area contributed by atoms with E-state index in [-0.39, 0.29) is 5.91 Å². The fraction of sp³-hybridized carbons (Fsp3) is 0.353. The molecule has 0 unspecified atom stereocenters. The highest BCUT2D eigenvalue weighted by molar-refractivity contribution is 7.07. The van der Waals surface area contributed by atoms with Crippen LogP contribution in [-0.2, 0) is 6.42 Å². The quantitative estimate of drug-likeness (QED) is 0.810. The van der Waals surface area contributed by atoms with Gasteiger partial charge < -0.3 is 14.8 Å². The standard InChI is InChI=1S/C17H21NO3S/c1-3-20-15-6-5-14(11-16(15)21-4-2)17(19)18-9-7-13-8-10-22-12-13/h5-6,8,10-12H,3-4,7,9H2,1-2H3,(H,18,19). The summed E-state index contributed by atoms with van der Waals surface area (Å²) < 4.78 is 11.0. The van der Waals surface area contributed by atoms with Gasteiger partial charge in [-0.15, -0.1) is 0 Å². The number of ether oxygens (including phenoxy) is 2. The Bertz CT molecular complexity index is 596. The van der Waals surface area contributed by atoms with Crippen LogP contribution in [0.4, 0.5) is 0 Å². The number of hydrogen-bond donors (Lipinski definition) is 1. The van der Waals surface area contributed by atoms with Crippen molar-refractivity contribution in [1.82, 2.24) is 5.32 Å². The van der Waals surface area contributed by atoms with E-state index in [0.29, 0.717) is 36.8 Å². The van der Waals surface area contributed by atoms with Crippen LogP contribution in [0.15, 0.2) is 35.0 Å². The SMILES string of the molecule is CCOc1ccc(C(=O)NCCc2ccsc2)cc1OCC. The van der Waals surface area contributed by atoms with Gasteiger partial charge in [-0.05, 0) is 60.9 Å². The molecule has 4 nitrogen and oxygen atoms in total. The maximum Gasteiger partial charge on any atom is 0.251 e. The fourth-order valence-electron chi connectivity index (χ4n) is 2.05. The first-order chi connectivity index (χ1) is 10.7. The third kappa shape index (κ3) is 4.49. The molecule has 2 rings (SSSR count). The number of amides is 1. The van der Waals surface area contributed by atoms with Crippen molar-refractivity contribution >= 4 is 17.2 Å². The van der Waals surface area contributed by atoms with Crippen LogP contribution in [0.25, 0.3) is 0 Å². The van der Waals surface area contributed by atoms with Crippen molar-refractivity contribution in [2.24, 2.45) is 0 Å². The average molecular weight is 319 g/mol. The molecule has 1 aromatic heterocycles. The van der Waals surface area contributed by atoms with E-state index < -0.39 is 0 Å². The highest BCUT2D eigenvalue weighted by atomic mass is 32.1. The highest BCUT2D eigenvalue weighted by Crippen LogP contribution is 2.28. The van der Waals surface area contributed by atoms with Crippen LogP contribution in [0.5, 0.6) is 11.5 Å². The summed E-state index contributed by atoms with van der Waals surface area (Å²) in [5.41, 5.74) is 1.82. The lowest BCUT2D eigenvalue weighted by molar-refractivity contribution is 0.0953. The molecule has 0 aliphatic heterocycles. The van der Waals surface area contributed by atoms with E-state index >= 15 is 0 Å². The molecule has 0 saturated carbocycles. The Morgan fingerprint density at radius 2 is 1.91 bits per heavy atom. The molecule has 0 radical (unpaired) electrons. The van der Waals surface area contributed by atoms with Gasteiger partial charge in [0.25, 0.3) is 5.91 Å². The van der Waals surface area contributed by atoms with E-state index in [1.165, 1.54) is 5.56 Å². The van der Waals surface area contributed by atoms with Crippen LogP contribution in [0, 0.1) is 0 Å². The van der Waals surface area contributed by atoms with Crippen LogP contribution in [0.3, 0.4) is 0 Å². The molecular weight excluding hydrogens is 298 g/mol. The lowest BCUT2D eigenvalue weighted by atomic mass is 10.1. The smallest absolute Gasteiger partial charge is 0.251 e. The summed E-state index contributed by atoms with van der Waals surface area (Å²) in [6, 6.07) is 7.34. The first-order valence-electron chi connectivity index (χ1n) is 7.43. The van der Waals surface area contributed by atoms with Gasteiger partial charge in [0, 0.05) is 12.1 Å². The Balaban J connectivity index is 1.97. The Morgan fingerprint density at radius 1 is 1.14 bits per heavy atom. The number of rotatable bonds is 8. The average Bonchev–Trinajstić information content (AvgIpc) is 3.02. The second kappa shape index (κ2) is 8.44. The molecule has 0 saturated heterocycles. The Morgan fingerprint density at radius 3 is 2.59 bits per heavy atom. The molecule has 2 aromatic rings. The maximum absolute atomic E-state index is 12.2. The van der Waals surface area contributed by atoms with Gasteiger partial charge in [-0.25, -0.2) is 0 Å². The first kappa shape index (κ1) is 16.4. The summed E-state index contributed by atoms with van der Waals surface area (Å²) in [7, 11) is 0. The number of hydrogen-bond acceptors (Lipinski definition) is 4. The molecule has 1 amide bonds. The minimum atomic E-state index is -0.0979. The third-order valence-corrected chi connectivity index (χ3v) is 3.82. The summed E-state index contributed by atoms with van der Waals surface area (Å²) >= 11 is 1.67. The van der Waals surface area contributed by atoms with Crippen molar-refractivity contribution in [3.8, 4) is 11.5 Å². The molecule has 1 heterocycles. The van der Waals surface area contributed by atoms with Crippen LogP contribution >= 0.6 is 11.3 Å². The minimum Gasteiger partial charge on any atom is -0.490 e. The Kier molecular flexibility index (Phi) is 6.27. The number of nitrogens with one attached hydrogen (secondary N) is 1. The van der Waals surface area contributed by atoms with E-state index in [9.17, 15) is 4.79 Å². The van der Waals surface area contributed by atoms with Crippen LogP contribution < -0.4 is 14.8 Å². The molecule has 0 fully saturated rings. The van der Waals surface area contributed by atoms with Crippen molar-refractivity contribution in [3.63, 3.8) is 0 Å². The number of carbonyl (C=O) groups excluding carboxylic acids is 1. The minimum absolute atomic E-state index is 0.0979. The molecule has 1 aromatic carbocycles. The number of carbonyl (C=O) groups is 1. The van der Waals surface area contributed by atoms with Crippen molar-refractivity contribution in [1.29, 1.82) is 0 Å². The second-order valence-electron chi connectivity index (χ2n) is 4.67. The second-order valence-corrected chi connectivity index (χ2v) is 5.45. The molecule has 0 aliphatic rings. The topological polar surface area (TPSA) is 47.6 Å². The maximum atomic E-state index is 12.2. The molecular formula is C17H21NO3S. The van der Waals surface area contributed by atoms with Crippen molar-refractivity contribution in [3.05, 3.63) is 46.2 Å². The summed E-state index contributed by atoms with van der Waals surface area (Å²) in [5.74, 6) is 1.17. The zero-order chi connectivity index (χ0) is 15.8. The Labute approximate surface area is 135 Å². The van der Waals surface area contributed by atoms with Gasteiger partial charge in [0.1, 0.15) is 0 Å². The van der Waals surface area contributed by atoms with Crippen molar-refractivity contribution < 1.29 is 14.3 Å². The zero-order valence-corrected chi connectivity index (χ0v) is 13.7. The van der Waals surface area contributed by atoms with Gasteiger partial charge in [-0.2, -0.15) is 11.3 Å². The van der Waals surface area contributed by atoms with E-state index in [1.807, 2.05) is 19.2 Å². The lowest BCUT2D eigenvalue weighted by Gasteiger charge is -2.12. The Hall–Kier alpha value is -2.01. The van der Waals surface area contributed by atoms with Gasteiger partial charge in [0.15, 0.2) is 11.5 Å². The van der Waals surface area contributed by atoms with Gasteiger partial charge in [0.05, 0.1) is 13.2 Å². The highest BCUT2D eigenvalue weighted by Gasteiger charge is 2.11. The molecule has 0 aliphatic carbocycles. The van der Waals surface area contributed by atoms with Crippen LogP contribution in [-0.4, -0.2) is 25.7 Å². The largest absolute Gasteiger partial charge is 0.490 e. The molecule has 5 heteroatoms. The van der Waals surface area contributed by atoms with E-state index in [2.05, 4.69) is 16.8 Å². The fourth-order valence-corrected chi connectivity index (χ4v) is 2.75. The predicted octanol–water partition coefficient (Wildman–Crippen LogP) is 3.52. The normalized spacial score (nSPS) is 10.3. The summed E-state index contributed by atoms with van der Waals surface area (Å²) in [4.78, 5) is 12.2. The predicted molar refractivity (Wildman–Crippen MR) is 89.1 cm³/mol. The van der Waals surface area contributed by atoms with Crippen molar-refractivity contribution in [2.75, 3.05) is 19.8 Å². The lowest BCUT2D eigenvalue weighted by Crippen LogP contribution is -2.25. The van der Waals surface area contributed by atoms with E-state index in [4.69, 9.17) is 9.47 Å². The molecule has 1 N–H and O–H groups in total. The molecule has 0 bridgehead atoms.